The number of aliphatic hydroxyl groups is 1. The Labute approximate surface area is 106 Å². The van der Waals surface area contributed by atoms with E-state index in [2.05, 4.69) is 5.32 Å². The van der Waals surface area contributed by atoms with Crippen LogP contribution in [-0.2, 0) is 5.54 Å². The number of hydrogen-bond donors (Lipinski definition) is 2. The number of nitrogens with one attached hydrogen (secondary N) is 1. The van der Waals surface area contributed by atoms with Crippen LogP contribution in [0.4, 0.5) is 8.78 Å². The van der Waals surface area contributed by atoms with E-state index in [4.69, 9.17) is 0 Å². The summed E-state index contributed by atoms with van der Waals surface area (Å²) in [5.74, 6) is -1.78. The van der Waals surface area contributed by atoms with E-state index in [1.807, 2.05) is 19.0 Å². The highest BCUT2D eigenvalue weighted by molar-refractivity contribution is 5.25. The largest absolute Gasteiger partial charge is 0.394 e. The van der Waals surface area contributed by atoms with Gasteiger partial charge in [0.2, 0.25) is 0 Å². The summed E-state index contributed by atoms with van der Waals surface area (Å²) in [4.78, 5) is 2.00. The molecule has 0 bridgehead atoms. The van der Waals surface area contributed by atoms with Crippen LogP contribution in [0.3, 0.4) is 0 Å². The molecule has 0 fully saturated rings. The lowest BCUT2D eigenvalue weighted by Crippen LogP contribution is -2.45. The summed E-state index contributed by atoms with van der Waals surface area (Å²) in [5.41, 5.74) is -0.243. The number of halogens is 2. The maximum atomic E-state index is 13.2. The smallest absolute Gasteiger partial charge is 0.159 e. The van der Waals surface area contributed by atoms with Crippen molar-refractivity contribution in [2.24, 2.45) is 0 Å². The molecular weight excluding hydrogens is 238 g/mol. The van der Waals surface area contributed by atoms with Gasteiger partial charge in [0.25, 0.3) is 0 Å². The van der Waals surface area contributed by atoms with Gasteiger partial charge in [-0.3, -0.25) is 0 Å². The van der Waals surface area contributed by atoms with Crippen LogP contribution in [0.15, 0.2) is 18.2 Å². The van der Waals surface area contributed by atoms with Crippen LogP contribution in [0.5, 0.6) is 0 Å². The van der Waals surface area contributed by atoms with Gasteiger partial charge in [0.15, 0.2) is 11.6 Å². The summed E-state index contributed by atoms with van der Waals surface area (Å²) >= 11 is 0. The van der Waals surface area contributed by atoms with Crippen LogP contribution >= 0.6 is 0 Å². The summed E-state index contributed by atoms with van der Waals surface area (Å²) in [5, 5.41) is 12.6. The van der Waals surface area contributed by atoms with Crippen LogP contribution < -0.4 is 5.32 Å². The fourth-order valence-electron chi connectivity index (χ4n) is 1.64. The second-order valence-corrected chi connectivity index (χ2v) is 4.85. The van der Waals surface area contributed by atoms with Gasteiger partial charge >= 0.3 is 0 Å². The van der Waals surface area contributed by atoms with Crippen LogP contribution in [0.25, 0.3) is 0 Å². The Hall–Kier alpha value is -1.04. The molecule has 0 aliphatic heterocycles. The molecule has 1 aromatic carbocycles. The molecule has 0 spiro atoms. The molecule has 18 heavy (non-hydrogen) atoms. The maximum absolute atomic E-state index is 13.2. The standard InChI is InChI=1S/C13H20F2N2O/c1-13(9-18,16-6-7-17(2)3)10-4-5-11(14)12(15)8-10/h4-5,8,16,18H,6-7,9H2,1-3H3. The third kappa shape index (κ3) is 3.73. The lowest BCUT2D eigenvalue weighted by atomic mass is 9.92. The molecular formula is C13H20F2N2O. The van der Waals surface area contributed by atoms with Crippen molar-refractivity contribution in [3.63, 3.8) is 0 Å². The lowest BCUT2D eigenvalue weighted by Gasteiger charge is -2.30. The molecule has 0 heterocycles. The monoisotopic (exact) mass is 258 g/mol. The van der Waals surface area contributed by atoms with E-state index in [0.717, 1.165) is 18.7 Å². The molecule has 0 aliphatic rings. The number of aliphatic hydroxyl groups excluding tert-OH is 1. The first-order valence-corrected chi connectivity index (χ1v) is 5.85. The second kappa shape index (κ2) is 6.22. The topological polar surface area (TPSA) is 35.5 Å². The first-order valence-electron chi connectivity index (χ1n) is 5.85. The molecule has 1 aromatic rings. The molecule has 2 N–H and O–H groups in total. The Balaban J connectivity index is 2.82. The Bertz CT molecular complexity index is 399. The van der Waals surface area contributed by atoms with Crippen LogP contribution in [-0.4, -0.2) is 43.8 Å². The van der Waals surface area contributed by atoms with Gasteiger partial charge in [0.05, 0.1) is 12.1 Å². The average Bonchev–Trinajstić information content (AvgIpc) is 2.32. The van der Waals surface area contributed by atoms with E-state index in [1.54, 1.807) is 6.92 Å². The predicted molar refractivity (Wildman–Crippen MR) is 67.4 cm³/mol. The first kappa shape index (κ1) is 15.0. The van der Waals surface area contributed by atoms with Crippen molar-refractivity contribution in [3.8, 4) is 0 Å². The van der Waals surface area contributed by atoms with Crippen LogP contribution in [0.1, 0.15) is 12.5 Å². The zero-order valence-corrected chi connectivity index (χ0v) is 11.0. The normalized spacial score (nSPS) is 14.8. The Morgan fingerprint density at radius 1 is 1.28 bits per heavy atom. The van der Waals surface area contributed by atoms with Gasteiger partial charge in [-0.1, -0.05) is 6.07 Å². The minimum absolute atomic E-state index is 0.189. The Morgan fingerprint density at radius 2 is 1.94 bits per heavy atom. The van der Waals surface area contributed by atoms with Gasteiger partial charge in [-0.2, -0.15) is 0 Å². The van der Waals surface area contributed by atoms with E-state index in [-0.39, 0.29) is 6.61 Å². The Kier molecular flexibility index (Phi) is 5.19. The minimum atomic E-state index is -0.901. The minimum Gasteiger partial charge on any atom is -0.394 e. The van der Waals surface area contributed by atoms with Crippen molar-refractivity contribution < 1.29 is 13.9 Å². The molecule has 0 amide bonds. The summed E-state index contributed by atoms with van der Waals surface area (Å²) in [6.07, 6.45) is 0. The predicted octanol–water partition coefficient (Wildman–Crippen LogP) is 1.32. The number of rotatable bonds is 6. The van der Waals surface area contributed by atoms with Gasteiger partial charge in [-0.25, -0.2) is 8.78 Å². The summed E-state index contributed by atoms with van der Waals surface area (Å²) in [6.45, 7) is 3.00. The SMILES string of the molecule is CN(C)CCNC(C)(CO)c1ccc(F)c(F)c1. The number of benzene rings is 1. The number of likely N-dealkylation sites (N-methyl/N-ethyl adjacent to an activating group) is 1. The number of nitrogens with zero attached hydrogens (tertiary/aromatic N) is 1. The van der Waals surface area contributed by atoms with Crippen molar-refractivity contribution in [1.82, 2.24) is 10.2 Å². The van der Waals surface area contributed by atoms with Crippen LogP contribution in [0.2, 0.25) is 0 Å². The molecule has 102 valence electrons. The fraction of sp³-hybridized carbons (Fsp3) is 0.538. The molecule has 1 rings (SSSR count). The molecule has 0 aliphatic carbocycles. The molecule has 1 atom stereocenters. The highest BCUT2D eigenvalue weighted by Gasteiger charge is 2.26. The molecule has 5 heteroatoms. The molecule has 1 unspecified atom stereocenters. The van der Waals surface area contributed by atoms with Gasteiger partial charge < -0.3 is 15.3 Å². The van der Waals surface area contributed by atoms with Crippen molar-refractivity contribution in [2.75, 3.05) is 33.8 Å². The first-order chi connectivity index (χ1) is 8.39. The summed E-state index contributed by atoms with van der Waals surface area (Å²) < 4.78 is 26.1. The van der Waals surface area contributed by atoms with Crippen LogP contribution in [0, 0.1) is 11.6 Å². The highest BCUT2D eigenvalue weighted by Crippen LogP contribution is 2.22. The van der Waals surface area contributed by atoms with E-state index < -0.39 is 17.2 Å². The molecule has 3 nitrogen and oxygen atoms in total. The third-order valence-corrected chi connectivity index (χ3v) is 2.95. The van der Waals surface area contributed by atoms with E-state index in [1.165, 1.54) is 6.07 Å². The molecule has 0 saturated heterocycles. The fourth-order valence-corrected chi connectivity index (χ4v) is 1.64. The quantitative estimate of drug-likeness (QED) is 0.808. The molecule has 0 radical (unpaired) electrons. The second-order valence-electron chi connectivity index (χ2n) is 4.85. The number of hydrogen-bond acceptors (Lipinski definition) is 3. The lowest BCUT2D eigenvalue weighted by molar-refractivity contribution is 0.171. The van der Waals surface area contributed by atoms with E-state index in [0.29, 0.717) is 12.1 Å². The average molecular weight is 258 g/mol. The van der Waals surface area contributed by atoms with E-state index >= 15 is 0 Å². The molecule has 0 aromatic heterocycles. The third-order valence-electron chi connectivity index (χ3n) is 2.95. The van der Waals surface area contributed by atoms with Gasteiger partial charge in [-0.05, 0) is 38.7 Å². The zero-order valence-electron chi connectivity index (χ0n) is 11.0. The maximum Gasteiger partial charge on any atom is 0.159 e. The van der Waals surface area contributed by atoms with E-state index in [9.17, 15) is 13.9 Å². The zero-order chi connectivity index (χ0) is 13.8. The molecule has 0 saturated carbocycles. The van der Waals surface area contributed by atoms with Gasteiger partial charge in [0, 0.05) is 13.1 Å². The highest BCUT2D eigenvalue weighted by atomic mass is 19.2. The summed E-state index contributed by atoms with van der Waals surface area (Å²) in [7, 11) is 3.88. The summed E-state index contributed by atoms with van der Waals surface area (Å²) in [6, 6.07) is 3.68. The van der Waals surface area contributed by atoms with Gasteiger partial charge in [0.1, 0.15) is 0 Å². The van der Waals surface area contributed by atoms with Crippen molar-refractivity contribution in [3.05, 3.63) is 35.4 Å². The van der Waals surface area contributed by atoms with Crippen molar-refractivity contribution in [2.45, 2.75) is 12.5 Å². The van der Waals surface area contributed by atoms with Crippen molar-refractivity contribution in [1.29, 1.82) is 0 Å². The Morgan fingerprint density at radius 3 is 2.44 bits per heavy atom. The van der Waals surface area contributed by atoms with Crippen molar-refractivity contribution >= 4 is 0 Å². The van der Waals surface area contributed by atoms with Gasteiger partial charge in [-0.15, -0.1) is 0 Å².